The third-order valence-electron chi connectivity index (χ3n) is 2.79. The quantitative estimate of drug-likeness (QED) is 0.847. The van der Waals surface area contributed by atoms with Crippen LogP contribution < -0.4 is 10.6 Å². The molecule has 1 fully saturated rings. The van der Waals surface area contributed by atoms with Crippen molar-refractivity contribution in [3.63, 3.8) is 0 Å². The number of hydrogen-bond donors (Lipinski definition) is 2. The maximum Gasteiger partial charge on any atom is 0.326 e. The molecule has 1 atom stereocenters. The number of aromatic nitrogens is 1. The zero-order chi connectivity index (χ0) is 13.3. The number of anilines is 1. The molecule has 0 spiro atoms. The number of rotatable bonds is 3. The van der Waals surface area contributed by atoms with E-state index in [4.69, 9.17) is 15.6 Å². The van der Waals surface area contributed by atoms with Crippen LogP contribution in [-0.4, -0.2) is 41.4 Å². The lowest BCUT2D eigenvalue weighted by Crippen LogP contribution is -2.48. The molecule has 2 rings (SSSR count). The van der Waals surface area contributed by atoms with Gasteiger partial charge in [-0.05, 0) is 13.8 Å². The van der Waals surface area contributed by atoms with Gasteiger partial charge in [-0.2, -0.15) is 0 Å². The van der Waals surface area contributed by atoms with Crippen LogP contribution in [0.2, 0.25) is 0 Å². The summed E-state index contributed by atoms with van der Waals surface area (Å²) < 4.78 is 5.63. The summed E-state index contributed by atoms with van der Waals surface area (Å²) in [5.74, 6) is -1.06. The van der Waals surface area contributed by atoms with E-state index in [0.717, 1.165) is 18.2 Å². The average molecular weight is 271 g/mol. The topological polar surface area (TPSA) is 88.7 Å². The summed E-state index contributed by atoms with van der Waals surface area (Å²) in [5.41, 5.74) is 5.74. The van der Waals surface area contributed by atoms with Gasteiger partial charge in [-0.3, -0.25) is 4.79 Å². The molecule has 2 heterocycles. The minimum atomic E-state index is -1.06. The number of aliphatic carboxylic acids is 1. The van der Waals surface area contributed by atoms with E-state index in [9.17, 15) is 4.79 Å². The van der Waals surface area contributed by atoms with E-state index in [-0.39, 0.29) is 5.60 Å². The molecule has 100 valence electrons. The first-order chi connectivity index (χ1) is 8.39. The molecule has 1 aliphatic heterocycles. The molecule has 1 saturated heterocycles. The van der Waals surface area contributed by atoms with Gasteiger partial charge in [-0.25, -0.2) is 4.98 Å². The second-order valence-corrected chi connectivity index (χ2v) is 5.74. The molecule has 0 amide bonds. The second-order valence-electron chi connectivity index (χ2n) is 4.90. The van der Waals surface area contributed by atoms with Crippen molar-refractivity contribution in [1.82, 2.24) is 4.98 Å². The van der Waals surface area contributed by atoms with Gasteiger partial charge < -0.3 is 20.5 Å². The highest BCUT2D eigenvalue weighted by molar-refractivity contribution is 7.13. The van der Waals surface area contributed by atoms with Crippen molar-refractivity contribution < 1.29 is 14.6 Å². The molecule has 1 aromatic rings. The van der Waals surface area contributed by atoms with E-state index in [1.807, 2.05) is 13.8 Å². The van der Waals surface area contributed by atoms with Gasteiger partial charge in [0.15, 0.2) is 5.13 Å². The van der Waals surface area contributed by atoms with Crippen molar-refractivity contribution in [2.45, 2.75) is 25.5 Å². The SMILES string of the molecule is CC1(C)CN(c2nc(C(N)C(=O)O)cs2)CCO1. The molecule has 3 N–H and O–H groups in total. The molecule has 0 aromatic carbocycles. The normalized spacial score (nSPS) is 20.7. The van der Waals surface area contributed by atoms with Gasteiger partial charge in [0, 0.05) is 18.5 Å². The van der Waals surface area contributed by atoms with Gasteiger partial charge >= 0.3 is 5.97 Å². The molecular formula is C11H17N3O3S. The Morgan fingerprint density at radius 1 is 1.72 bits per heavy atom. The zero-order valence-electron chi connectivity index (χ0n) is 10.4. The predicted molar refractivity (Wildman–Crippen MR) is 68.9 cm³/mol. The van der Waals surface area contributed by atoms with E-state index in [2.05, 4.69) is 9.88 Å². The third-order valence-corrected chi connectivity index (χ3v) is 3.71. The molecular weight excluding hydrogens is 254 g/mol. The summed E-state index contributed by atoms with van der Waals surface area (Å²) in [6.07, 6.45) is 0. The lowest BCUT2D eigenvalue weighted by Gasteiger charge is -2.38. The summed E-state index contributed by atoms with van der Waals surface area (Å²) >= 11 is 1.42. The number of carbonyl (C=O) groups is 1. The highest BCUT2D eigenvalue weighted by atomic mass is 32.1. The van der Waals surface area contributed by atoms with E-state index >= 15 is 0 Å². The number of carboxylic acid groups (broad SMARTS) is 1. The summed E-state index contributed by atoms with van der Waals surface area (Å²) in [4.78, 5) is 17.2. The lowest BCUT2D eigenvalue weighted by atomic mass is 10.1. The molecule has 1 aliphatic rings. The highest BCUT2D eigenvalue weighted by Gasteiger charge is 2.29. The predicted octanol–water partition coefficient (Wildman–Crippen LogP) is 0.843. The van der Waals surface area contributed by atoms with Crippen molar-refractivity contribution in [3.8, 4) is 0 Å². The number of ether oxygens (including phenoxy) is 1. The van der Waals surface area contributed by atoms with Crippen molar-refractivity contribution in [3.05, 3.63) is 11.1 Å². The standard InChI is InChI=1S/C11H17N3O3S/c1-11(2)6-14(3-4-17-11)10-13-7(5-18-10)8(12)9(15)16/h5,8H,3-4,6,12H2,1-2H3,(H,15,16). The Morgan fingerprint density at radius 2 is 2.44 bits per heavy atom. The fourth-order valence-electron chi connectivity index (χ4n) is 1.87. The summed E-state index contributed by atoms with van der Waals surface area (Å²) in [7, 11) is 0. The first kappa shape index (κ1) is 13.3. The maximum atomic E-state index is 10.8. The van der Waals surface area contributed by atoms with Crippen LogP contribution in [0.4, 0.5) is 5.13 Å². The number of morpholine rings is 1. The van der Waals surface area contributed by atoms with Gasteiger partial charge in [0.25, 0.3) is 0 Å². The van der Waals surface area contributed by atoms with Crippen LogP contribution in [-0.2, 0) is 9.53 Å². The molecule has 1 unspecified atom stereocenters. The maximum absolute atomic E-state index is 10.8. The largest absolute Gasteiger partial charge is 0.480 e. The molecule has 0 radical (unpaired) electrons. The Balaban J connectivity index is 2.12. The number of hydrogen-bond acceptors (Lipinski definition) is 6. The van der Waals surface area contributed by atoms with Crippen molar-refractivity contribution in [1.29, 1.82) is 0 Å². The Bertz CT molecular complexity index is 446. The number of thiazole rings is 1. The van der Waals surface area contributed by atoms with Crippen molar-refractivity contribution in [2.24, 2.45) is 5.73 Å². The first-order valence-corrected chi connectivity index (χ1v) is 6.60. The van der Waals surface area contributed by atoms with E-state index in [0.29, 0.717) is 12.3 Å². The smallest absolute Gasteiger partial charge is 0.326 e. The Hall–Kier alpha value is -1.18. The summed E-state index contributed by atoms with van der Waals surface area (Å²) in [6, 6.07) is -1.05. The Morgan fingerprint density at radius 3 is 3.06 bits per heavy atom. The van der Waals surface area contributed by atoms with Crippen LogP contribution >= 0.6 is 11.3 Å². The molecule has 18 heavy (non-hydrogen) atoms. The van der Waals surface area contributed by atoms with Gasteiger partial charge in [-0.1, -0.05) is 0 Å². The molecule has 0 bridgehead atoms. The lowest BCUT2D eigenvalue weighted by molar-refractivity contribution is -0.138. The van der Waals surface area contributed by atoms with Crippen LogP contribution in [0.25, 0.3) is 0 Å². The second kappa shape index (κ2) is 4.83. The first-order valence-electron chi connectivity index (χ1n) is 5.72. The number of nitrogens with two attached hydrogens (primary N) is 1. The van der Waals surface area contributed by atoms with Gasteiger partial charge in [-0.15, -0.1) is 11.3 Å². The number of nitrogens with zero attached hydrogens (tertiary/aromatic N) is 2. The fraction of sp³-hybridized carbons (Fsp3) is 0.636. The molecule has 6 nitrogen and oxygen atoms in total. The van der Waals surface area contributed by atoms with Crippen molar-refractivity contribution in [2.75, 3.05) is 24.6 Å². The minimum absolute atomic E-state index is 0.209. The van der Waals surface area contributed by atoms with Crippen LogP contribution in [0.1, 0.15) is 25.6 Å². The van der Waals surface area contributed by atoms with Gasteiger partial charge in [0.1, 0.15) is 6.04 Å². The van der Waals surface area contributed by atoms with Crippen LogP contribution in [0.5, 0.6) is 0 Å². The average Bonchev–Trinajstić information content (AvgIpc) is 2.75. The fourth-order valence-corrected chi connectivity index (χ4v) is 2.76. The van der Waals surface area contributed by atoms with E-state index < -0.39 is 12.0 Å². The van der Waals surface area contributed by atoms with E-state index in [1.165, 1.54) is 11.3 Å². The molecule has 0 saturated carbocycles. The monoisotopic (exact) mass is 271 g/mol. The zero-order valence-corrected chi connectivity index (χ0v) is 11.2. The Labute approximate surface area is 109 Å². The molecule has 7 heteroatoms. The minimum Gasteiger partial charge on any atom is -0.480 e. The van der Waals surface area contributed by atoms with Crippen LogP contribution in [0, 0.1) is 0 Å². The third kappa shape index (κ3) is 2.80. The molecule has 1 aromatic heterocycles. The highest BCUT2D eigenvalue weighted by Crippen LogP contribution is 2.27. The van der Waals surface area contributed by atoms with E-state index in [1.54, 1.807) is 5.38 Å². The van der Waals surface area contributed by atoms with Crippen molar-refractivity contribution >= 4 is 22.4 Å². The molecule has 0 aliphatic carbocycles. The van der Waals surface area contributed by atoms with Gasteiger partial charge in [0.05, 0.1) is 17.9 Å². The van der Waals surface area contributed by atoms with Gasteiger partial charge in [0.2, 0.25) is 0 Å². The Kier molecular flexibility index (Phi) is 3.56. The van der Waals surface area contributed by atoms with Crippen LogP contribution in [0.15, 0.2) is 5.38 Å². The summed E-state index contributed by atoms with van der Waals surface area (Å²) in [5, 5.41) is 11.4. The van der Waals surface area contributed by atoms with Crippen LogP contribution in [0.3, 0.4) is 0 Å². The number of carboxylic acids is 1. The summed E-state index contributed by atoms with van der Waals surface area (Å²) in [6.45, 7) is 6.20.